The van der Waals surface area contributed by atoms with E-state index in [2.05, 4.69) is 61.7 Å². The molecule has 0 saturated carbocycles. The summed E-state index contributed by atoms with van der Waals surface area (Å²) < 4.78 is 1.77. The number of hydrogen-bond acceptors (Lipinski definition) is 3. The molecule has 4 rings (SSSR count). The molecule has 0 amide bonds. The molecule has 1 aliphatic heterocycles. The minimum absolute atomic E-state index is 0. The maximum absolute atomic E-state index is 4.50. The summed E-state index contributed by atoms with van der Waals surface area (Å²) in [5.74, 6) is 2.46. The molecule has 3 heterocycles. The topological polar surface area (TPSA) is 58.3 Å². The van der Waals surface area contributed by atoms with E-state index < -0.39 is 0 Å². The van der Waals surface area contributed by atoms with Gasteiger partial charge in [-0.1, -0.05) is 30.3 Å². The summed E-state index contributed by atoms with van der Waals surface area (Å²) in [5.41, 5.74) is 2.57. The van der Waals surface area contributed by atoms with Crippen LogP contribution in [0.5, 0.6) is 0 Å². The first-order valence-corrected chi connectivity index (χ1v) is 9.76. The standard InChI is InChI=1S/C22H26N6.HI/c1-23-22(27-13-9-20(17-27)14-18-6-3-2-4-7-18)25-16-19-8-11-24-21(15-19)28-12-5-10-26-28;/h2-8,10-12,15,20H,9,13-14,16-17H2,1H3,(H,23,25);1H. The minimum Gasteiger partial charge on any atom is -0.352 e. The van der Waals surface area contributed by atoms with Crippen LogP contribution in [0, 0.1) is 5.92 Å². The van der Waals surface area contributed by atoms with E-state index in [-0.39, 0.29) is 24.0 Å². The van der Waals surface area contributed by atoms with Crippen LogP contribution in [0.25, 0.3) is 5.82 Å². The van der Waals surface area contributed by atoms with E-state index in [0.717, 1.165) is 36.9 Å². The van der Waals surface area contributed by atoms with Crippen LogP contribution in [0.2, 0.25) is 0 Å². The number of halogens is 1. The third-order valence-electron chi connectivity index (χ3n) is 5.16. The van der Waals surface area contributed by atoms with Gasteiger partial charge in [0.2, 0.25) is 0 Å². The van der Waals surface area contributed by atoms with Crippen molar-refractivity contribution >= 4 is 29.9 Å². The second-order valence-corrected chi connectivity index (χ2v) is 7.16. The van der Waals surface area contributed by atoms with Crippen molar-refractivity contribution < 1.29 is 0 Å². The second kappa shape index (κ2) is 10.4. The molecule has 1 aliphatic rings. The molecule has 1 fully saturated rings. The summed E-state index contributed by atoms with van der Waals surface area (Å²) in [4.78, 5) is 11.2. The maximum Gasteiger partial charge on any atom is 0.193 e. The molecular formula is C22H27IN6. The lowest BCUT2D eigenvalue weighted by Crippen LogP contribution is -2.39. The molecular weight excluding hydrogens is 475 g/mol. The quantitative estimate of drug-likeness (QED) is 0.330. The molecule has 1 saturated heterocycles. The van der Waals surface area contributed by atoms with E-state index in [1.165, 1.54) is 12.0 Å². The van der Waals surface area contributed by atoms with Crippen LogP contribution >= 0.6 is 24.0 Å². The summed E-state index contributed by atoms with van der Waals surface area (Å²) >= 11 is 0. The highest BCUT2D eigenvalue weighted by atomic mass is 127. The van der Waals surface area contributed by atoms with E-state index in [4.69, 9.17) is 0 Å². The van der Waals surface area contributed by atoms with Gasteiger partial charge in [0.25, 0.3) is 0 Å². The number of likely N-dealkylation sites (tertiary alicyclic amines) is 1. The fourth-order valence-electron chi connectivity index (χ4n) is 3.75. The molecule has 7 heteroatoms. The van der Waals surface area contributed by atoms with E-state index in [1.54, 1.807) is 10.9 Å². The monoisotopic (exact) mass is 502 g/mol. The van der Waals surface area contributed by atoms with E-state index in [9.17, 15) is 0 Å². The number of pyridine rings is 1. The molecule has 0 aliphatic carbocycles. The highest BCUT2D eigenvalue weighted by molar-refractivity contribution is 14.0. The van der Waals surface area contributed by atoms with Crippen molar-refractivity contribution in [1.29, 1.82) is 0 Å². The molecule has 2 aromatic heterocycles. The zero-order valence-electron chi connectivity index (χ0n) is 16.6. The Hall–Kier alpha value is -2.42. The first-order valence-electron chi connectivity index (χ1n) is 9.76. The number of aliphatic imine (C=N–C) groups is 1. The lowest BCUT2D eigenvalue weighted by atomic mass is 9.99. The first-order chi connectivity index (χ1) is 13.8. The number of hydrogen-bond donors (Lipinski definition) is 1. The molecule has 0 radical (unpaired) electrons. The van der Waals surface area contributed by atoms with Gasteiger partial charge >= 0.3 is 0 Å². The third-order valence-corrected chi connectivity index (χ3v) is 5.16. The smallest absolute Gasteiger partial charge is 0.193 e. The molecule has 0 bridgehead atoms. The molecule has 1 aromatic carbocycles. The van der Waals surface area contributed by atoms with Crippen molar-refractivity contribution in [3.8, 4) is 5.82 Å². The van der Waals surface area contributed by atoms with Crippen molar-refractivity contribution in [2.24, 2.45) is 10.9 Å². The Morgan fingerprint density at radius 1 is 1.14 bits per heavy atom. The minimum atomic E-state index is 0. The Labute approximate surface area is 189 Å². The average Bonchev–Trinajstić information content (AvgIpc) is 3.42. The Bertz CT molecular complexity index is 910. The molecule has 152 valence electrons. The Morgan fingerprint density at radius 3 is 2.76 bits per heavy atom. The molecule has 3 aromatic rings. The zero-order valence-corrected chi connectivity index (χ0v) is 18.9. The van der Waals surface area contributed by atoms with E-state index in [1.807, 2.05) is 31.6 Å². The van der Waals surface area contributed by atoms with Crippen LogP contribution in [0.3, 0.4) is 0 Å². The van der Waals surface area contributed by atoms with Gasteiger partial charge in [-0.25, -0.2) is 9.67 Å². The predicted molar refractivity (Wildman–Crippen MR) is 127 cm³/mol. The highest BCUT2D eigenvalue weighted by Crippen LogP contribution is 2.21. The lowest BCUT2D eigenvalue weighted by Gasteiger charge is -2.22. The van der Waals surface area contributed by atoms with Gasteiger partial charge in [0.15, 0.2) is 11.8 Å². The molecule has 1 unspecified atom stereocenters. The molecule has 29 heavy (non-hydrogen) atoms. The summed E-state index contributed by atoms with van der Waals surface area (Å²) in [6.07, 6.45) is 7.81. The van der Waals surface area contributed by atoms with Crippen LogP contribution in [-0.4, -0.2) is 45.8 Å². The van der Waals surface area contributed by atoms with Crippen LogP contribution in [-0.2, 0) is 13.0 Å². The van der Waals surface area contributed by atoms with Crippen molar-refractivity contribution in [3.05, 3.63) is 78.2 Å². The van der Waals surface area contributed by atoms with Gasteiger partial charge in [-0.05, 0) is 48.1 Å². The Balaban J connectivity index is 0.00000240. The van der Waals surface area contributed by atoms with Gasteiger partial charge in [-0.3, -0.25) is 4.99 Å². The van der Waals surface area contributed by atoms with Crippen molar-refractivity contribution in [1.82, 2.24) is 25.0 Å². The number of nitrogens with zero attached hydrogens (tertiary/aromatic N) is 5. The normalized spacial score (nSPS) is 16.5. The molecule has 0 spiro atoms. The predicted octanol–water partition coefficient (Wildman–Crippen LogP) is 3.53. The summed E-state index contributed by atoms with van der Waals surface area (Å²) in [6.45, 7) is 2.80. The second-order valence-electron chi connectivity index (χ2n) is 7.16. The average molecular weight is 502 g/mol. The van der Waals surface area contributed by atoms with Crippen LogP contribution in [0.15, 0.2) is 72.1 Å². The van der Waals surface area contributed by atoms with E-state index in [0.29, 0.717) is 12.5 Å². The van der Waals surface area contributed by atoms with Gasteiger partial charge in [-0.2, -0.15) is 5.10 Å². The maximum atomic E-state index is 4.50. The van der Waals surface area contributed by atoms with Crippen LogP contribution in [0.4, 0.5) is 0 Å². The van der Waals surface area contributed by atoms with Crippen molar-refractivity contribution in [2.75, 3.05) is 20.1 Å². The number of nitrogens with one attached hydrogen (secondary N) is 1. The van der Waals surface area contributed by atoms with E-state index >= 15 is 0 Å². The number of benzene rings is 1. The summed E-state index contributed by atoms with van der Waals surface area (Å²) in [5, 5.41) is 7.75. The van der Waals surface area contributed by atoms with Gasteiger partial charge in [0.1, 0.15) is 0 Å². The van der Waals surface area contributed by atoms with Crippen LogP contribution < -0.4 is 5.32 Å². The fourth-order valence-corrected chi connectivity index (χ4v) is 3.75. The van der Waals surface area contributed by atoms with Gasteiger partial charge in [0, 0.05) is 45.3 Å². The molecule has 1 N–H and O–H groups in total. The van der Waals surface area contributed by atoms with Gasteiger partial charge in [0.05, 0.1) is 0 Å². The molecule has 1 atom stereocenters. The Morgan fingerprint density at radius 2 is 2.00 bits per heavy atom. The summed E-state index contributed by atoms with van der Waals surface area (Å²) in [6, 6.07) is 16.7. The van der Waals surface area contributed by atoms with Gasteiger partial charge in [-0.15, -0.1) is 24.0 Å². The number of aromatic nitrogens is 3. The van der Waals surface area contributed by atoms with Crippen molar-refractivity contribution in [2.45, 2.75) is 19.4 Å². The third kappa shape index (κ3) is 5.56. The number of guanidine groups is 1. The number of rotatable bonds is 5. The van der Waals surface area contributed by atoms with Crippen molar-refractivity contribution in [3.63, 3.8) is 0 Å². The Kier molecular flexibility index (Phi) is 7.62. The summed E-state index contributed by atoms with van der Waals surface area (Å²) in [7, 11) is 1.86. The SMILES string of the molecule is CN=C(NCc1ccnc(-n2cccn2)c1)N1CCC(Cc2ccccc2)C1.I. The zero-order chi connectivity index (χ0) is 19.2. The highest BCUT2D eigenvalue weighted by Gasteiger charge is 2.24. The van der Waals surface area contributed by atoms with Crippen LogP contribution in [0.1, 0.15) is 17.5 Å². The largest absolute Gasteiger partial charge is 0.352 e. The fraction of sp³-hybridized carbons (Fsp3) is 0.318. The first kappa shape index (κ1) is 21.3. The van der Waals surface area contributed by atoms with Gasteiger partial charge < -0.3 is 10.2 Å². The lowest BCUT2D eigenvalue weighted by molar-refractivity contribution is 0.460. The molecule has 6 nitrogen and oxygen atoms in total.